The van der Waals surface area contributed by atoms with Crippen molar-refractivity contribution in [2.24, 2.45) is 16.7 Å². The monoisotopic (exact) mass is 621 g/mol. The van der Waals surface area contributed by atoms with Crippen LogP contribution in [0.4, 0.5) is 5.82 Å². The van der Waals surface area contributed by atoms with Gasteiger partial charge in [-0.3, -0.25) is 14.2 Å². The standard InChI is InChI=1S/C29H41ClN5O6P/c1-16(36)39-21-19(7-8-42(5,6)38)41-25(22(21)40-17(2)37)35-15-31-20-23(32-26(30)33-24(20)35)34-29-11-18-9-27(3,13-29)12-28(4,10-18)14-29/h15,18-19,21-22,25H,7-14H2,1-6H3,(H,32,33,34)/t18?,19-,21?,22+,25-,27-,28+,29?/m1/s1. The fourth-order valence-corrected chi connectivity index (χ4v) is 10.3. The maximum atomic E-state index is 12.5. The van der Waals surface area contributed by atoms with Gasteiger partial charge in [-0.2, -0.15) is 9.97 Å². The van der Waals surface area contributed by atoms with E-state index in [-0.39, 0.29) is 10.8 Å². The van der Waals surface area contributed by atoms with Crippen molar-refractivity contribution in [2.75, 3.05) is 24.8 Å². The van der Waals surface area contributed by atoms with Crippen molar-refractivity contribution in [2.45, 2.75) is 103 Å². The number of ether oxygens (including phenoxy) is 3. The van der Waals surface area contributed by atoms with E-state index in [1.165, 1.54) is 33.1 Å². The van der Waals surface area contributed by atoms with Crippen molar-refractivity contribution < 1.29 is 28.4 Å². The summed E-state index contributed by atoms with van der Waals surface area (Å²) in [6, 6.07) is 0. The summed E-state index contributed by atoms with van der Waals surface area (Å²) in [5, 5.41) is 3.87. The first-order chi connectivity index (χ1) is 19.5. The predicted molar refractivity (Wildman–Crippen MR) is 158 cm³/mol. The van der Waals surface area contributed by atoms with Gasteiger partial charge in [0.25, 0.3) is 0 Å². The third-order valence-corrected chi connectivity index (χ3v) is 11.0. The first-order valence-electron chi connectivity index (χ1n) is 14.8. The number of carbonyl (C=O) groups excluding carboxylic acids is 2. The van der Waals surface area contributed by atoms with Crippen LogP contribution in [0.25, 0.3) is 11.2 Å². The number of rotatable bonds is 8. The fraction of sp³-hybridized carbons (Fsp3) is 0.759. The molecule has 4 saturated carbocycles. The lowest BCUT2D eigenvalue weighted by molar-refractivity contribution is -0.165. The fourth-order valence-electron chi connectivity index (χ4n) is 9.26. The molecule has 42 heavy (non-hydrogen) atoms. The Hall–Kier alpha value is -2.23. The summed E-state index contributed by atoms with van der Waals surface area (Å²) in [7, 11) is -2.39. The summed E-state index contributed by atoms with van der Waals surface area (Å²) in [5.41, 5.74) is 1.46. The quantitative estimate of drug-likeness (QED) is 0.231. The molecule has 5 fully saturated rings. The minimum absolute atomic E-state index is 0.0573. The highest BCUT2D eigenvalue weighted by atomic mass is 35.5. The number of halogens is 1. The van der Waals surface area contributed by atoms with Gasteiger partial charge in [-0.25, -0.2) is 4.98 Å². The van der Waals surface area contributed by atoms with Crippen molar-refractivity contribution in [1.82, 2.24) is 19.5 Å². The number of carbonyl (C=O) groups is 2. The van der Waals surface area contributed by atoms with Crippen LogP contribution < -0.4 is 5.32 Å². The third-order valence-electron chi connectivity index (χ3n) is 9.52. The molecule has 4 bridgehead atoms. The smallest absolute Gasteiger partial charge is 0.303 e. The molecular weight excluding hydrogens is 581 g/mol. The lowest BCUT2D eigenvalue weighted by atomic mass is 9.43. The van der Waals surface area contributed by atoms with Crippen LogP contribution in [0.2, 0.25) is 5.28 Å². The van der Waals surface area contributed by atoms with Gasteiger partial charge >= 0.3 is 11.9 Å². The molecule has 230 valence electrons. The van der Waals surface area contributed by atoms with Crippen LogP contribution >= 0.6 is 18.7 Å². The molecule has 1 aliphatic heterocycles. The molecule has 5 aliphatic rings. The van der Waals surface area contributed by atoms with Crippen LogP contribution in [0.15, 0.2) is 6.33 Å². The average molecular weight is 622 g/mol. The zero-order valence-corrected chi connectivity index (χ0v) is 26.8. The minimum atomic E-state index is -2.39. The van der Waals surface area contributed by atoms with E-state index < -0.39 is 43.6 Å². The number of nitrogens with zero attached hydrogens (tertiary/aromatic N) is 4. The van der Waals surface area contributed by atoms with Crippen molar-refractivity contribution >= 4 is 47.7 Å². The Bertz CT molecular complexity index is 1460. The van der Waals surface area contributed by atoms with Crippen LogP contribution in [0.3, 0.4) is 0 Å². The van der Waals surface area contributed by atoms with Crippen LogP contribution in [0.5, 0.6) is 0 Å². The van der Waals surface area contributed by atoms with Gasteiger partial charge in [0.1, 0.15) is 6.10 Å². The zero-order chi connectivity index (χ0) is 30.2. The molecule has 0 radical (unpaired) electrons. The highest BCUT2D eigenvalue weighted by Gasteiger charge is 2.60. The van der Waals surface area contributed by atoms with Crippen LogP contribution in [-0.4, -0.2) is 74.8 Å². The van der Waals surface area contributed by atoms with Gasteiger partial charge in [-0.1, -0.05) is 13.8 Å². The molecule has 0 aromatic carbocycles. The number of nitrogens with one attached hydrogen (secondary N) is 1. The van der Waals surface area contributed by atoms with E-state index >= 15 is 0 Å². The number of imidazole rings is 1. The summed E-state index contributed by atoms with van der Waals surface area (Å²) in [6.45, 7) is 10.8. The number of anilines is 1. The molecule has 0 spiro atoms. The normalized spacial score (nSPS) is 37.3. The van der Waals surface area contributed by atoms with Gasteiger partial charge in [0.2, 0.25) is 5.28 Å². The molecule has 3 heterocycles. The summed E-state index contributed by atoms with van der Waals surface area (Å²) in [6.07, 6.45) is 5.89. The lowest BCUT2D eigenvalue weighted by Crippen LogP contribution is -2.61. The van der Waals surface area contributed by atoms with E-state index in [0.717, 1.165) is 19.3 Å². The van der Waals surface area contributed by atoms with E-state index in [1.54, 1.807) is 24.2 Å². The molecule has 4 aliphatic carbocycles. The van der Waals surface area contributed by atoms with Gasteiger partial charge in [0.05, 0.1) is 13.5 Å². The van der Waals surface area contributed by atoms with Crippen molar-refractivity contribution in [3.63, 3.8) is 0 Å². The summed E-state index contributed by atoms with van der Waals surface area (Å²) in [5.74, 6) is 0.173. The molecule has 8 atom stereocenters. The topological polar surface area (TPSA) is 135 Å². The number of hydrogen-bond acceptors (Lipinski definition) is 10. The van der Waals surface area contributed by atoms with Crippen molar-refractivity contribution in [1.29, 1.82) is 0 Å². The Morgan fingerprint density at radius 1 is 1.07 bits per heavy atom. The summed E-state index contributed by atoms with van der Waals surface area (Å²) in [4.78, 5) is 38.1. The molecule has 1 N–H and O–H groups in total. The van der Waals surface area contributed by atoms with E-state index in [0.29, 0.717) is 46.3 Å². The molecule has 3 unspecified atom stereocenters. The van der Waals surface area contributed by atoms with Gasteiger partial charge in [0, 0.05) is 25.5 Å². The number of esters is 2. The first-order valence-corrected chi connectivity index (χ1v) is 17.9. The minimum Gasteiger partial charge on any atom is -0.456 e. The van der Waals surface area contributed by atoms with Gasteiger partial charge in [-0.05, 0) is 86.6 Å². The van der Waals surface area contributed by atoms with E-state index in [4.69, 9.17) is 30.8 Å². The van der Waals surface area contributed by atoms with E-state index in [9.17, 15) is 14.2 Å². The highest BCUT2D eigenvalue weighted by molar-refractivity contribution is 7.62. The Balaban J connectivity index is 1.36. The van der Waals surface area contributed by atoms with Crippen molar-refractivity contribution in [3.05, 3.63) is 11.6 Å². The van der Waals surface area contributed by atoms with Gasteiger partial charge < -0.3 is 24.1 Å². The molecule has 13 heteroatoms. The molecule has 7 rings (SSSR count). The van der Waals surface area contributed by atoms with Crippen LogP contribution in [0, 0.1) is 16.7 Å². The number of aromatic nitrogens is 4. The van der Waals surface area contributed by atoms with Gasteiger partial charge in [0.15, 0.2) is 35.4 Å². The Labute approximate surface area is 251 Å². The van der Waals surface area contributed by atoms with Crippen LogP contribution in [-0.2, 0) is 28.4 Å². The highest BCUT2D eigenvalue weighted by Crippen LogP contribution is 2.67. The second-order valence-electron chi connectivity index (χ2n) is 14.5. The maximum absolute atomic E-state index is 12.5. The van der Waals surface area contributed by atoms with Gasteiger partial charge in [-0.15, -0.1) is 0 Å². The second-order valence-corrected chi connectivity index (χ2v) is 18.4. The largest absolute Gasteiger partial charge is 0.456 e. The van der Waals surface area contributed by atoms with E-state index in [1.807, 2.05) is 0 Å². The molecule has 11 nitrogen and oxygen atoms in total. The molecule has 1 saturated heterocycles. The lowest BCUT2D eigenvalue weighted by Gasteiger charge is -2.65. The number of hydrogen-bond donors (Lipinski definition) is 1. The maximum Gasteiger partial charge on any atom is 0.303 e. The Morgan fingerprint density at radius 3 is 2.31 bits per heavy atom. The molecular formula is C29H41ClN5O6P. The Morgan fingerprint density at radius 2 is 1.71 bits per heavy atom. The average Bonchev–Trinajstić information content (AvgIpc) is 3.35. The SMILES string of the molecule is CC(=O)OC1[C@@H](CCP(C)(C)=O)O[C@@H](n2cnc3c(NC45CC6C[C@@](C)(C4)C[C@](C)(C6)C5)nc(Cl)nc32)[C@H]1OC(C)=O. The Kier molecular flexibility index (Phi) is 7.22. The summed E-state index contributed by atoms with van der Waals surface area (Å²) < 4.78 is 31.9. The molecule has 0 amide bonds. The number of fused-ring (bicyclic) bond motifs is 1. The second kappa shape index (κ2) is 10.2. The predicted octanol–water partition coefficient (Wildman–Crippen LogP) is 5.41. The third kappa shape index (κ3) is 5.69. The summed E-state index contributed by atoms with van der Waals surface area (Å²) >= 11 is 6.52. The van der Waals surface area contributed by atoms with E-state index in [2.05, 4.69) is 29.1 Å². The molecule has 2 aromatic rings. The first kappa shape index (κ1) is 29.8. The van der Waals surface area contributed by atoms with Crippen molar-refractivity contribution in [3.8, 4) is 0 Å². The molecule has 2 aromatic heterocycles. The van der Waals surface area contributed by atoms with Crippen LogP contribution in [0.1, 0.15) is 78.9 Å². The zero-order valence-electron chi connectivity index (χ0n) is 25.2.